The summed E-state index contributed by atoms with van der Waals surface area (Å²) in [5, 5.41) is 3.42. The standard InChI is InChI=1S/C21H15ClFN3O2S/c1-2-26-17-8-6-13(25-19(27)14-7-5-12(23)10-16(14)22)11-18(17)29-20-15(21(26)28)4-3-9-24-20/h3-11H,2H2,1H3,(H,25,27). The number of amides is 2. The van der Waals surface area contributed by atoms with Crippen LogP contribution in [-0.2, 0) is 0 Å². The van der Waals surface area contributed by atoms with E-state index in [1.165, 1.54) is 23.9 Å². The van der Waals surface area contributed by atoms with Crippen LogP contribution >= 0.6 is 23.4 Å². The average molecular weight is 428 g/mol. The van der Waals surface area contributed by atoms with Crippen molar-refractivity contribution in [2.45, 2.75) is 16.8 Å². The highest BCUT2D eigenvalue weighted by molar-refractivity contribution is 7.99. The van der Waals surface area contributed by atoms with Gasteiger partial charge in [0, 0.05) is 23.3 Å². The summed E-state index contributed by atoms with van der Waals surface area (Å²) in [4.78, 5) is 32.3. The lowest BCUT2D eigenvalue weighted by Gasteiger charge is -2.21. The first-order valence-corrected chi connectivity index (χ1v) is 10.0. The first-order chi connectivity index (χ1) is 14.0. The van der Waals surface area contributed by atoms with Crippen molar-refractivity contribution in [3.8, 4) is 0 Å². The molecule has 3 aromatic rings. The summed E-state index contributed by atoms with van der Waals surface area (Å²) in [6.07, 6.45) is 1.64. The number of anilines is 2. The number of rotatable bonds is 3. The number of fused-ring (bicyclic) bond motifs is 2. The minimum Gasteiger partial charge on any atom is -0.322 e. The summed E-state index contributed by atoms with van der Waals surface area (Å²) in [7, 11) is 0. The summed E-state index contributed by atoms with van der Waals surface area (Å²) < 4.78 is 13.2. The molecule has 0 unspecified atom stereocenters. The van der Waals surface area contributed by atoms with Crippen molar-refractivity contribution in [2.75, 3.05) is 16.8 Å². The Kier molecular flexibility index (Phi) is 5.25. The molecule has 4 rings (SSSR count). The van der Waals surface area contributed by atoms with Crippen LogP contribution in [0.3, 0.4) is 0 Å². The van der Waals surface area contributed by atoms with Crippen LogP contribution in [-0.4, -0.2) is 23.3 Å². The predicted octanol–water partition coefficient (Wildman–Crippen LogP) is 5.26. The van der Waals surface area contributed by atoms with Gasteiger partial charge in [-0.25, -0.2) is 9.37 Å². The number of hydrogen-bond donors (Lipinski definition) is 1. The molecule has 0 fully saturated rings. The summed E-state index contributed by atoms with van der Waals surface area (Å²) in [5.74, 6) is -1.07. The SMILES string of the molecule is CCN1C(=O)c2cccnc2Sc2cc(NC(=O)c3ccc(F)cc3Cl)ccc21. The van der Waals surface area contributed by atoms with Crippen molar-refractivity contribution >= 4 is 46.6 Å². The molecular formula is C21H15ClFN3O2S. The highest BCUT2D eigenvalue weighted by Crippen LogP contribution is 2.41. The Labute approximate surface area is 175 Å². The normalized spacial score (nSPS) is 12.8. The number of carbonyl (C=O) groups is 2. The summed E-state index contributed by atoms with van der Waals surface area (Å²) >= 11 is 7.35. The molecule has 0 radical (unpaired) electrons. The van der Waals surface area contributed by atoms with Crippen molar-refractivity contribution in [3.05, 3.63) is 76.7 Å². The number of hydrogen-bond acceptors (Lipinski definition) is 4. The molecule has 29 heavy (non-hydrogen) atoms. The third-order valence-electron chi connectivity index (χ3n) is 4.45. The maximum absolute atomic E-state index is 13.2. The number of benzene rings is 2. The minimum atomic E-state index is -0.511. The first kappa shape index (κ1) is 19.4. The molecule has 0 bridgehead atoms. The molecule has 2 heterocycles. The summed E-state index contributed by atoms with van der Waals surface area (Å²) in [6, 6.07) is 12.4. The maximum atomic E-state index is 13.2. The topological polar surface area (TPSA) is 62.3 Å². The van der Waals surface area contributed by atoms with Crippen LogP contribution in [0.1, 0.15) is 27.6 Å². The van der Waals surface area contributed by atoms with Crippen molar-refractivity contribution in [2.24, 2.45) is 0 Å². The number of nitrogens with one attached hydrogen (secondary N) is 1. The van der Waals surface area contributed by atoms with Gasteiger partial charge in [0.05, 0.1) is 21.8 Å². The highest BCUT2D eigenvalue weighted by Gasteiger charge is 2.27. The molecule has 0 spiro atoms. The summed E-state index contributed by atoms with van der Waals surface area (Å²) in [5.41, 5.74) is 2.00. The Morgan fingerprint density at radius 1 is 1.24 bits per heavy atom. The van der Waals surface area contributed by atoms with Crippen LogP contribution in [0.5, 0.6) is 0 Å². The van der Waals surface area contributed by atoms with Crippen molar-refractivity contribution in [1.82, 2.24) is 4.98 Å². The van der Waals surface area contributed by atoms with Crippen LogP contribution in [0.15, 0.2) is 64.6 Å². The lowest BCUT2D eigenvalue weighted by Crippen LogP contribution is -2.30. The Hall–Kier alpha value is -2.90. The van der Waals surface area contributed by atoms with Gasteiger partial charge in [-0.1, -0.05) is 23.4 Å². The molecule has 2 aromatic carbocycles. The molecule has 146 valence electrons. The van der Waals surface area contributed by atoms with Gasteiger partial charge in [0.15, 0.2) is 0 Å². The van der Waals surface area contributed by atoms with Crippen LogP contribution < -0.4 is 10.2 Å². The average Bonchev–Trinajstić information content (AvgIpc) is 2.81. The van der Waals surface area contributed by atoms with Gasteiger partial charge in [-0.05, 0) is 55.5 Å². The van der Waals surface area contributed by atoms with E-state index in [1.54, 1.807) is 41.4 Å². The Morgan fingerprint density at radius 3 is 2.83 bits per heavy atom. The van der Waals surface area contributed by atoms with E-state index >= 15 is 0 Å². The van der Waals surface area contributed by atoms with Gasteiger partial charge < -0.3 is 10.2 Å². The molecule has 1 aliphatic rings. The van der Waals surface area contributed by atoms with Gasteiger partial charge in [0.1, 0.15) is 10.8 Å². The zero-order valence-electron chi connectivity index (χ0n) is 15.3. The van der Waals surface area contributed by atoms with Gasteiger partial charge in [-0.15, -0.1) is 0 Å². The number of pyridine rings is 1. The van der Waals surface area contributed by atoms with Gasteiger partial charge >= 0.3 is 0 Å². The zero-order valence-corrected chi connectivity index (χ0v) is 16.9. The fourth-order valence-corrected chi connectivity index (χ4v) is 4.39. The Balaban J connectivity index is 1.69. The van der Waals surface area contributed by atoms with Crippen LogP contribution in [0.2, 0.25) is 5.02 Å². The second kappa shape index (κ2) is 7.85. The largest absolute Gasteiger partial charge is 0.322 e. The van der Waals surface area contributed by atoms with E-state index in [1.807, 2.05) is 6.92 Å². The van der Waals surface area contributed by atoms with E-state index in [0.717, 1.165) is 16.6 Å². The van der Waals surface area contributed by atoms with Gasteiger partial charge in [-0.2, -0.15) is 0 Å². The van der Waals surface area contributed by atoms with E-state index in [-0.39, 0.29) is 16.5 Å². The lowest BCUT2D eigenvalue weighted by molar-refractivity contribution is 0.0983. The fourth-order valence-electron chi connectivity index (χ4n) is 3.08. The number of aromatic nitrogens is 1. The number of carbonyl (C=O) groups excluding carboxylic acids is 2. The number of halogens is 2. The molecule has 2 amide bonds. The maximum Gasteiger partial charge on any atom is 0.261 e. The molecule has 1 aromatic heterocycles. The van der Waals surface area contributed by atoms with E-state index in [9.17, 15) is 14.0 Å². The van der Waals surface area contributed by atoms with Crippen LogP contribution in [0, 0.1) is 5.82 Å². The molecular weight excluding hydrogens is 413 g/mol. The Morgan fingerprint density at radius 2 is 2.07 bits per heavy atom. The third kappa shape index (κ3) is 3.71. The monoisotopic (exact) mass is 427 g/mol. The third-order valence-corrected chi connectivity index (χ3v) is 5.83. The van der Waals surface area contributed by atoms with Crippen molar-refractivity contribution in [3.63, 3.8) is 0 Å². The smallest absolute Gasteiger partial charge is 0.261 e. The molecule has 0 saturated heterocycles. The molecule has 0 saturated carbocycles. The predicted molar refractivity (Wildman–Crippen MR) is 112 cm³/mol. The molecule has 0 aliphatic carbocycles. The zero-order chi connectivity index (χ0) is 20.5. The van der Waals surface area contributed by atoms with Crippen LogP contribution in [0.4, 0.5) is 15.8 Å². The van der Waals surface area contributed by atoms with Crippen molar-refractivity contribution in [1.29, 1.82) is 0 Å². The van der Waals surface area contributed by atoms with Crippen LogP contribution in [0.25, 0.3) is 0 Å². The van der Waals surface area contributed by atoms with E-state index in [2.05, 4.69) is 10.3 Å². The van der Waals surface area contributed by atoms with E-state index in [4.69, 9.17) is 11.6 Å². The van der Waals surface area contributed by atoms with Gasteiger partial charge in [0.2, 0.25) is 0 Å². The molecule has 1 aliphatic heterocycles. The van der Waals surface area contributed by atoms with Crippen molar-refractivity contribution < 1.29 is 14.0 Å². The van der Waals surface area contributed by atoms with Gasteiger partial charge in [-0.3, -0.25) is 9.59 Å². The summed E-state index contributed by atoms with van der Waals surface area (Å²) in [6.45, 7) is 2.40. The van der Waals surface area contributed by atoms with E-state index < -0.39 is 11.7 Å². The molecule has 0 atom stereocenters. The first-order valence-electron chi connectivity index (χ1n) is 8.83. The second-order valence-electron chi connectivity index (χ2n) is 6.27. The molecule has 1 N–H and O–H groups in total. The lowest BCUT2D eigenvalue weighted by atomic mass is 10.2. The molecule has 8 heteroatoms. The Bertz CT molecular complexity index is 1140. The number of nitrogens with zero attached hydrogens (tertiary/aromatic N) is 2. The minimum absolute atomic E-state index is 0.0347. The second-order valence-corrected chi connectivity index (χ2v) is 7.71. The molecule has 5 nitrogen and oxygen atoms in total. The van der Waals surface area contributed by atoms with E-state index in [0.29, 0.717) is 22.8 Å². The fraction of sp³-hybridized carbons (Fsp3) is 0.0952. The quantitative estimate of drug-likeness (QED) is 0.619. The van der Waals surface area contributed by atoms with Gasteiger partial charge in [0.25, 0.3) is 11.8 Å². The highest BCUT2D eigenvalue weighted by atomic mass is 35.5.